The Morgan fingerprint density at radius 1 is 1.18 bits per heavy atom. The lowest BCUT2D eigenvalue weighted by Gasteiger charge is -2.21. The van der Waals surface area contributed by atoms with Crippen LogP contribution in [0.4, 0.5) is 0 Å². The van der Waals surface area contributed by atoms with Gasteiger partial charge in [0.15, 0.2) is 0 Å². The summed E-state index contributed by atoms with van der Waals surface area (Å²) in [6.45, 7) is 8.92. The monoisotopic (exact) mass is 235 g/mol. The standard InChI is InChI=1S/C15H25NO/c1-4-9-16-11-14(12(2)3)10-13-5-7-15(17)8-6-13/h5-8,12,14,16-17H,4,9-11H2,1-3H3. The van der Waals surface area contributed by atoms with Crippen LogP contribution >= 0.6 is 0 Å². The lowest BCUT2D eigenvalue weighted by molar-refractivity contribution is 0.361. The SMILES string of the molecule is CCCNCC(Cc1ccc(O)cc1)C(C)C. The number of nitrogens with one attached hydrogen (secondary N) is 1. The van der Waals surface area contributed by atoms with E-state index < -0.39 is 0 Å². The van der Waals surface area contributed by atoms with Crippen LogP contribution in [0.1, 0.15) is 32.8 Å². The molecule has 2 heteroatoms. The molecule has 0 heterocycles. The van der Waals surface area contributed by atoms with Crippen LogP contribution in [-0.4, -0.2) is 18.2 Å². The van der Waals surface area contributed by atoms with Gasteiger partial charge < -0.3 is 10.4 Å². The second-order valence-corrected chi connectivity index (χ2v) is 5.08. The highest BCUT2D eigenvalue weighted by Crippen LogP contribution is 2.18. The van der Waals surface area contributed by atoms with Gasteiger partial charge in [-0.3, -0.25) is 0 Å². The van der Waals surface area contributed by atoms with Crippen molar-refractivity contribution in [3.05, 3.63) is 29.8 Å². The van der Waals surface area contributed by atoms with Crippen LogP contribution in [0.25, 0.3) is 0 Å². The smallest absolute Gasteiger partial charge is 0.115 e. The van der Waals surface area contributed by atoms with E-state index in [1.807, 2.05) is 12.1 Å². The van der Waals surface area contributed by atoms with E-state index in [0.717, 1.165) is 19.5 Å². The van der Waals surface area contributed by atoms with Crippen molar-refractivity contribution in [3.8, 4) is 5.75 Å². The number of hydrogen-bond donors (Lipinski definition) is 2. The highest BCUT2D eigenvalue weighted by molar-refractivity contribution is 5.26. The fraction of sp³-hybridized carbons (Fsp3) is 0.600. The van der Waals surface area contributed by atoms with Gasteiger partial charge in [0, 0.05) is 0 Å². The van der Waals surface area contributed by atoms with E-state index >= 15 is 0 Å². The Hall–Kier alpha value is -1.02. The second-order valence-electron chi connectivity index (χ2n) is 5.08. The molecule has 0 aromatic heterocycles. The van der Waals surface area contributed by atoms with Crippen molar-refractivity contribution in [2.45, 2.75) is 33.6 Å². The molecule has 0 radical (unpaired) electrons. The molecule has 1 aromatic carbocycles. The Morgan fingerprint density at radius 2 is 1.82 bits per heavy atom. The zero-order valence-electron chi connectivity index (χ0n) is 11.2. The maximum atomic E-state index is 9.26. The molecule has 1 aromatic rings. The van der Waals surface area contributed by atoms with Crippen LogP contribution in [0.2, 0.25) is 0 Å². The highest BCUT2D eigenvalue weighted by atomic mass is 16.3. The highest BCUT2D eigenvalue weighted by Gasteiger charge is 2.13. The first-order chi connectivity index (χ1) is 8.13. The van der Waals surface area contributed by atoms with E-state index in [-0.39, 0.29) is 0 Å². The van der Waals surface area contributed by atoms with Crippen molar-refractivity contribution in [2.24, 2.45) is 11.8 Å². The molecule has 0 saturated carbocycles. The van der Waals surface area contributed by atoms with Gasteiger partial charge in [-0.15, -0.1) is 0 Å². The van der Waals surface area contributed by atoms with Gasteiger partial charge in [-0.1, -0.05) is 32.9 Å². The molecule has 0 aliphatic rings. The molecule has 0 aliphatic carbocycles. The first kappa shape index (κ1) is 14.0. The Morgan fingerprint density at radius 3 is 2.35 bits per heavy atom. The van der Waals surface area contributed by atoms with Gasteiger partial charge in [0.2, 0.25) is 0 Å². The van der Waals surface area contributed by atoms with Crippen molar-refractivity contribution in [1.82, 2.24) is 5.32 Å². The number of hydrogen-bond acceptors (Lipinski definition) is 2. The Labute approximate surface area is 105 Å². The molecule has 1 atom stereocenters. The van der Waals surface area contributed by atoms with Crippen LogP contribution in [0.3, 0.4) is 0 Å². The average molecular weight is 235 g/mol. The molecule has 0 amide bonds. The summed E-state index contributed by atoms with van der Waals surface area (Å²) in [6.07, 6.45) is 2.26. The molecule has 0 fully saturated rings. The third kappa shape index (κ3) is 5.22. The van der Waals surface area contributed by atoms with Crippen LogP contribution in [0.5, 0.6) is 5.75 Å². The zero-order chi connectivity index (χ0) is 12.7. The molecule has 2 nitrogen and oxygen atoms in total. The summed E-state index contributed by atoms with van der Waals surface area (Å²) in [5.41, 5.74) is 1.31. The van der Waals surface area contributed by atoms with Crippen molar-refractivity contribution in [3.63, 3.8) is 0 Å². The van der Waals surface area contributed by atoms with Gasteiger partial charge >= 0.3 is 0 Å². The van der Waals surface area contributed by atoms with Gasteiger partial charge in [-0.2, -0.15) is 0 Å². The minimum absolute atomic E-state index is 0.346. The van der Waals surface area contributed by atoms with Gasteiger partial charge in [0.05, 0.1) is 0 Å². The maximum Gasteiger partial charge on any atom is 0.115 e. The summed E-state index contributed by atoms with van der Waals surface area (Å²) in [5.74, 6) is 1.68. The molecule has 1 rings (SSSR count). The van der Waals surface area contributed by atoms with Crippen LogP contribution < -0.4 is 5.32 Å². The molecule has 17 heavy (non-hydrogen) atoms. The van der Waals surface area contributed by atoms with Crippen molar-refractivity contribution < 1.29 is 5.11 Å². The number of rotatable bonds is 7. The number of phenols is 1. The van der Waals surface area contributed by atoms with E-state index in [4.69, 9.17) is 0 Å². The van der Waals surface area contributed by atoms with Gasteiger partial charge in [-0.25, -0.2) is 0 Å². The lowest BCUT2D eigenvalue weighted by Crippen LogP contribution is -2.28. The quantitative estimate of drug-likeness (QED) is 0.711. The van der Waals surface area contributed by atoms with Gasteiger partial charge in [0.25, 0.3) is 0 Å². The first-order valence-electron chi connectivity index (χ1n) is 6.62. The normalized spacial score (nSPS) is 12.9. The zero-order valence-corrected chi connectivity index (χ0v) is 11.2. The third-order valence-corrected chi connectivity index (χ3v) is 3.21. The largest absolute Gasteiger partial charge is 0.508 e. The molecule has 0 aliphatic heterocycles. The molecule has 0 bridgehead atoms. The van der Waals surface area contributed by atoms with Crippen LogP contribution in [-0.2, 0) is 6.42 Å². The fourth-order valence-corrected chi connectivity index (χ4v) is 1.94. The molecule has 1 unspecified atom stereocenters. The topological polar surface area (TPSA) is 32.3 Å². The summed E-state index contributed by atoms with van der Waals surface area (Å²) in [6, 6.07) is 7.58. The fourth-order valence-electron chi connectivity index (χ4n) is 1.94. The van der Waals surface area contributed by atoms with Crippen molar-refractivity contribution in [2.75, 3.05) is 13.1 Å². The number of phenolic OH excluding ortho intramolecular Hbond substituents is 1. The number of aromatic hydroxyl groups is 1. The third-order valence-electron chi connectivity index (χ3n) is 3.21. The molecule has 96 valence electrons. The second kappa shape index (κ2) is 7.33. The Bertz CT molecular complexity index is 305. The first-order valence-corrected chi connectivity index (χ1v) is 6.62. The van der Waals surface area contributed by atoms with E-state index in [1.54, 1.807) is 12.1 Å². The van der Waals surface area contributed by atoms with E-state index in [2.05, 4.69) is 26.1 Å². The van der Waals surface area contributed by atoms with Crippen LogP contribution in [0.15, 0.2) is 24.3 Å². The molecule has 0 spiro atoms. The minimum atomic E-state index is 0.346. The van der Waals surface area contributed by atoms with Crippen molar-refractivity contribution in [1.29, 1.82) is 0 Å². The number of benzene rings is 1. The Balaban J connectivity index is 2.51. The summed E-state index contributed by atoms with van der Waals surface area (Å²) in [5, 5.41) is 12.8. The molecular weight excluding hydrogens is 210 g/mol. The van der Waals surface area contributed by atoms with Crippen LogP contribution in [0, 0.1) is 11.8 Å². The van der Waals surface area contributed by atoms with E-state index in [1.165, 1.54) is 12.0 Å². The predicted molar refractivity (Wildman–Crippen MR) is 73.3 cm³/mol. The predicted octanol–water partition coefficient (Wildman–Crippen LogP) is 3.21. The molecule has 0 saturated heterocycles. The van der Waals surface area contributed by atoms with Gasteiger partial charge in [-0.05, 0) is 55.5 Å². The lowest BCUT2D eigenvalue weighted by atomic mass is 9.89. The van der Waals surface area contributed by atoms with E-state index in [0.29, 0.717) is 17.6 Å². The van der Waals surface area contributed by atoms with Gasteiger partial charge in [0.1, 0.15) is 5.75 Å². The summed E-state index contributed by atoms with van der Waals surface area (Å²) in [7, 11) is 0. The minimum Gasteiger partial charge on any atom is -0.508 e. The summed E-state index contributed by atoms with van der Waals surface area (Å²) < 4.78 is 0. The molecular formula is C15H25NO. The van der Waals surface area contributed by atoms with Crippen molar-refractivity contribution >= 4 is 0 Å². The average Bonchev–Trinajstić information content (AvgIpc) is 2.30. The van der Waals surface area contributed by atoms with E-state index in [9.17, 15) is 5.11 Å². The summed E-state index contributed by atoms with van der Waals surface area (Å²) in [4.78, 5) is 0. The summed E-state index contributed by atoms with van der Waals surface area (Å²) >= 11 is 0. The molecule has 2 N–H and O–H groups in total. The Kier molecular flexibility index (Phi) is 6.06. The maximum absolute atomic E-state index is 9.26.